The van der Waals surface area contributed by atoms with Crippen LogP contribution >= 0.6 is 0 Å². The Morgan fingerprint density at radius 1 is 1.23 bits per heavy atom. The fourth-order valence-corrected chi connectivity index (χ4v) is 3.19. The number of carbonyl (C=O) groups excluding carboxylic acids is 1. The highest BCUT2D eigenvalue weighted by atomic mass is 19.4. The molecule has 0 aliphatic carbocycles. The van der Waals surface area contributed by atoms with Crippen LogP contribution in [0.1, 0.15) is 49.2 Å². The number of aromatic nitrogens is 2. The zero-order valence-electron chi connectivity index (χ0n) is 16.8. The van der Waals surface area contributed by atoms with Gasteiger partial charge in [0.15, 0.2) is 0 Å². The average Bonchev–Trinajstić information content (AvgIpc) is 2.65. The van der Waals surface area contributed by atoms with Crippen molar-refractivity contribution in [3.8, 4) is 0 Å². The number of amides is 2. The Morgan fingerprint density at radius 3 is 2.60 bits per heavy atom. The van der Waals surface area contributed by atoms with Gasteiger partial charge >= 0.3 is 12.2 Å². The Labute approximate surface area is 171 Å². The maximum Gasteiger partial charge on any atom is 0.419 e. The monoisotopic (exact) mass is 425 g/mol. The first-order valence-electron chi connectivity index (χ1n) is 9.58. The van der Waals surface area contributed by atoms with Gasteiger partial charge in [0.1, 0.15) is 5.82 Å². The summed E-state index contributed by atoms with van der Waals surface area (Å²) in [4.78, 5) is 22.9. The normalized spacial score (nSPS) is 15.0. The van der Waals surface area contributed by atoms with Crippen LogP contribution in [-0.4, -0.2) is 33.5 Å². The lowest BCUT2D eigenvalue weighted by Crippen LogP contribution is -2.44. The van der Waals surface area contributed by atoms with Crippen LogP contribution in [0.15, 0.2) is 24.4 Å². The Hall–Kier alpha value is -2.91. The van der Waals surface area contributed by atoms with Crippen LogP contribution in [0.25, 0.3) is 0 Å². The van der Waals surface area contributed by atoms with Gasteiger partial charge in [-0.3, -0.25) is 0 Å². The zero-order valence-corrected chi connectivity index (χ0v) is 16.8. The number of nitrogens with zero attached hydrogens (tertiary/aromatic N) is 3. The summed E-state index contributed by atoms with van der Waals surface area (Å²) in [6, 6.07) is 1.75. The second kappa shape index (κ2) is 8.45. The molecule has 30 heavy (non-hydrogen) atoms. The summed E-state index contributed by atoms with van der Waals surface area (Å²) in [6.45, 7) is 6.25. The Morgan fingerprint density at radius 2 is 1.97 bits per heavy atom. The van der Waals surface area contributed by atoms with E-state index in [1.165, 1.54) is 6.07 Å². The van der Waals surface area contributed by atoms with E-state index in [4.69, 9.17) is 0 Å². The molecule has 10 heteroatoms. The maximum absolute atomic E-state index is 13.8. The first-order valence-corrected chi connectivity index (χ1v) is 9.58. The number of carbonyl (C=O) groups is 1. The number of halogens is 4. The van der Waals surface area contributed by atoms with Crippen molar-refractivity contribution < 1.29 is 22.4 Å². The molecule has 0 bridgehead atoms. The number of alkyl halides is 3. The standard InChI is InChI=1S/C20H23F4N5O/c1-11(2)26-18-25-9-14-6-7-29(10-17(14)28-18)19(30)27-12(3)13-4-5-15(16(21)8-13)20(22,23)24/h4-5,8-9,11-12H,6-7,10H2,1-3H3,(H,27,30)(H,25,26,28)/t12-/m1/s1. The van der Waals surface area contributed by atoms with Crippen LogP contribution in [0.5, 0.6) is 0 Å². The minimum Gasteiger partial charge on any atom is -0.352 e. The van der Waals surface area contributed by atoms with Gasteiger partial charge in [0.25, 0.3) is 0 Å². The molecule has 3 rings (SSSR count). The number of hydrogen-bond acceptors (Lipinski definition) is 4. The molecular weight excluding hydrogens is 402 g/mol. The summed E-state index contributed by atoms with van der Waals surface area (Å²) in [7, 11) is 0. The van der Waals surface area contributed by atoms with Gasteiger partial charge in [-0.1, -0.05) is 6.07 Å². The lowest BCUT2D eigenvalue weighted by atomic mass is 10.0. The third-order valence-electron chi connectivity index (χ3n) is 4.79. The van der Waals surface area contributed by atoms with Gasteiger partial charge in [0.05, 0.1) is 23.8 Å². The highest BCUT2D eigenvalue weighted by molar-refractivity contribution is 5.75. The third-order valence-corrected chi connectivity index (χ3v) is 4.79. The number of urea groups is 1. The number of nitrogens with one attached hydrogen (secondary N) is 2. The van der Waals surface area contributed by atoms with E-state index in [1.54, 1.807) is 18.0 Å². The van der Waals surface area contributed by atoms with E-state index < -0.39 is 29.6 Å². The van der Waals surface area contributed by atoms with Crippen LogP contribution in [0.3, 0.4) is 0 Å². The molecule has 0 saturated heterocycles. The van der Waals surface area contributed by atoms with Crippen LogP contribution < -0.4 is 10.6 Å². The number of benzene rings is 1. The topological polar surface area (TPSA) is 70.2 Å². The molecule has 2 amide bonds. The fraction of sp³-hybridized carbons (Fsp3) is 0.450. The van der Waals surface area contributed by atoms with E-state index >= 15 is 0 Å². The second-order valence-corrected chi connectivity index (χ2v) is 7.54. The molecule has 6 nitrogen and oxygen atoms in total. The quantitative estimate of drug-likeness (QED) is 0.718. The Balaban J connectivity index is 1.67. The summed E-state index contributed by atoms with van der Waals surface area (Å²) in [5.41, 5.74) is 0.619. The van der Waals surface area contributed by atoms with Gasteiger partial charge in [-0.15, -0.1) is 0 Å². The molecule has 0 spiro atoms. The molecule has 0 saturated carbocycles. The van der Waals surface area contributed by atoms with E-state index in [0.29, 0.717) is 25.0 Å². The minimum absolute atomic E-state index is 0.163. The number of rotatable bonds is 4. The minimum atomic E-state index is -4.76. The van der Waals surface area contributed by atoms with Crippen molar-refractivity contribution >= 4 is 12.0 Å². The van der Waals surface area contributed by atoms with Gasteiger partial charge in [-0.25, -0.2) is 19.2 Å². The molecule has 162 valence electrons. The lowest BCUT2D eigenvalue weighted by molar-refractivity contribution is -0.140. The lowest BCUT2D eigenvalue weighted by Gasteiger charge is -2.29. The van der Waals surface area contributed by atoms with Crippen molar-refractivity contribution in [1.82, 2.24) is 20.2 Å². The Bertz CT molecular complexity index is 932. The van der Waals surface area contributed by atoms with Crippen molar-refractivity contribution in [3.05, 3.63) is 52.6 Å². The van der Waals surface area contributed by atoms with Gasteiger partial charge in [0.2, 0.25) is 5.95 Å². The third kappa shape index (κ3) is 4.98. The summed E-state index contributed by atoms with van der Waals surface area (Å²) in [5, 5.41) is 5.83. The van der Waals surface area contributed by atoms with Gasteiger partial charge in [-0.05, 0) is 50.5 Å². The van der Waals surface area contributed by atoms with Crippen molar-refractivity contribution in [2.75, 3.05) is 11.9 Å². The van der Waals surface area contributed by atoms with Crippen LogP contribution in [0.2, 0.25) is 0 Å². The molecule has 1 aromatic heterocycles. The molecular formula is C20H23F4N5O. The average molecular weight is 425 g/mol. The molecule has 2 aromatic rings. The smallest absolute Gasteiger partial charge is 0.352 e. The summed E-state index contributed by atoms with van der Waals surface area (Å²) in [5.74, 6) is -0.880. The fourth-order valence-electron chi connectivity index (χ4n) is 3.19. The van der Waals surface area contributed by atoms with Gasteiger partial charge in [-0.2, -0.15) is 13.2 Å². The zero-order chi connectivity index (χ0) is 22.1. The van der Waals surface area contributed by atoms with E-state index in [2.05, 4.69) is 20.6 Å². The highest BCUT2D eigenvalue weighted by Gasteiger charge is 2.34. The highest BCUT2D eigenvalue weighted by Crippen LogP contribution is 2.32. The van der Waals surface area contributed by atoms with Gasteiger partial charge < -0.3 is 15.5 Å². The van der Waals surface area contributed by atoms with E-state index in [9.17, 15) is 22.4 Å². The number of fused-ring (bicyclic) bond motifs is 1. The van der Waals surface area contributed by atoms with Crippen LogP contribution in [0, 0.1) is 5.82 Å². The summed E-state index contributed by atoms with van der Waals surface area (Å²) >= 11 is 0. The number of anilines is 1. The molecule has 1 atom stereocenters. The number of hydrogen-bond donors (Lipinski definition) is 2. The molecule has 1 aliphatic rings. The van der Waals surface area contributed by atoms with Crippen molar-refractivity contribution in [1.29, 1.82) is 0 Å². The molecule has 1 aromatic carbocycles. The molecule has 0 unspecified atom stereocenters. The predicted octanol–water partition coefficient (Wildman–Crippen LogP) is 4.28. The first kappa shape index (κ1) is 21.8. The van der Waals surface area contributed by atoms with Crippen LogP contribution in [-0.2, 0) is 19.1 Å². The van der Waals surface area contributed by atoms with Crippen LogP contribution in [0.4, 0.5) is 28.3 Å². The molecule has 1 aliphatic heterocycles. The van der Waals surface area contributed by atoms with E-state index in [1.807, 2.05) is 13.8 Å². The largest absolute Gasteiger partial charge is 0.419 e. The molecule has 0 radical (unpaired) electrons. The van der Waals surface area contributed by atoms with Crippen molar-refractivity contribution in [3.63, 3.8) is 0 Å². The predicted molar refractivity (Wildman–Crippen MR) is 103 cm³/mol. The Kier molecular flexibility index (Phi) is 6.14. The van der Waals surface area contributed by atoms with Gasteiger partial charge in [0, 0.05) is 18.8 Å². The summed E-state index contributed by atoms with van der Waals surface area (Å²) < 4.78 is 52.0. The molecule has 0 fully saturated rings. The SMILES string of the molecule is CC(C)Nc1ncc2c(n1)CN(C(=O)N[C@H](C)c1ccc(C(F)(F)F)c(F)c1)CC2. The van der Waals surface area contributed by atoms with Crippen molar-refractivity contribution in [2.24, 2.45) is 0 Å². The maximum atomic E-state index is 13.8. The van der Waals surface area contributed by atoms with Crippen molar-refractivity contribution in [2.45, 2.75) is 52.0 Å². The van der Waals surface area contributed by atoms with E-state index in [0.717, 1.165) is 17.3 Å². The second-order valence-electron chi connectivity index (χ2n) is 7.54. The molecule has 2 heterocycles. The molecule has 2 N–H and O–H groups in total. The van der Waals surface area contributed by atoms with E-state index in [-0.39, 0.29) is 18.2 Å². The summed E-state index contributed by atoms with van der Waals surface area (Å²) in [6.07, 6.45) is -2.43. The first-order chi connectivity index (χ1) is 14.0.